The molecule has 1 heterocycles. The van der Waals surface area contributed by atoms with E-state index in [1.807, 2.05) is 0 Å². The molecule has 1 amide bonds. The highest BCUT2D eigenvalue weighted by molar-refractivity contribution is 5.83. The number of amides is 1. The molecule has 0 aliphatic carbocycles. The van der Waals surface area contributed by atoms with Crippen LogP contribution in [0.1, 0.15) is 37.3 Å². The monoisotopic (exact) mass is 275 g/mol. The van der Waals surface area contributed by atoms with Crippen molar-refractivity contribution in [2.24, 2.45) is 11.5 Å². The van der Waals surface area contributed by atoms with Crippen LogP contribution in [0.15, 0.2) is 24.3 Å². The predicted molar refractivity (Wildman–Crippen MR) is 81.1 cm³/mol. The zero-order chi connectivity index (χ0) is 14.6. The number of carbonyl (C=O) groups is 1. The zero-order valence-electron chi connectivity index (χ0n) is 12.3. The smallest absolute Gasteiger partial charge is 0.237 e. The fraction of sp³-hybridized carbons (Fsp3) is 0.562. The van der Waals surface area contributed by atoms with Crippen LogP contribution in [0.25, 0.3) is 0 Å². The molecule has 4 nitrogen and oxygen atoms in total. The van der Waals surface area contributed by atoms with Crippen molar-refractivity contribution in [3.63, 3.8) is 0 Å². The van der Waals surface area contributed by atoms with Gasteiger partial charge in [-0.3, -0.25) is 9.69 Å². The SMILES string of the molecule is CC(N)(CCCCN1CCc2ccccc2C1)C(N)=O. The first-order valence-corrected chi connectivity index (χ1v) is 7.37. The molecule has 2 rings (SSSR count). The molecule has 0 radical (unpaired) electrons. The quantitative estimate of drug-likeness (QED) is 0.771. The summed E-state index contributed by atoms with van der Waals surface area (Å²) in [4.78, 5) is 13.6. The van der Waals surface area contributed by atoms with Gasteiger partial charge < -0.3 is 11.5 Å². The largest absolute Gasteiger partial charge is 0.368 e. The lowest BCUT2D eigenvalue weighted by Gasteiger charge is -2.29. The molecule has 1 unspecified atom stereocenters. The average molecular weight is 275 g/mol. The Morgan fingerprint density at radius 3 is 2.70 bits per heavy atom. The summed E-state index contributed by atoms with van der Waals surface area (Å²) in [6, 6.07) is 8.65. The minimum absolute atomic E-state index is 0.413. The van der Waals surface area contributed by atoms with Gasteiger partial charge in [0.2, 0.25) is 5.91 Å². The van der Waals surface area contributed by atoms with E-state index in [1.165, 1.54) is 11.1 Å². The molecule has 0 aromatic heterocycles. The second-order valence-corrected chi connectivity index (χ2v) is 6.03. The number of primary amides is 1. The molecule has 1 aliphatic heterocycles. The lowest BCUT2D eigenvalue weighted by Crippen LogP contribution is -2.49. The highest BCUT2D eigenvalue weighted by atomic mass is 16.1. The number of hydrogen-bond acceptors (Lipinski definition) is 3. The van der Waals surface area contributed by atoms with E-state index in [0.717, 1.165) is 38.9 Å². The predicted octanol–water partition coefficient (Wildman–Crippen LogP) is 1.42. The second-order valence-electron chi connectivity index (χ2n) is 6.03. The van der Waals surface area contributed by atoms with Gasteiger partial charge in [0.25, 0.3) is 0 Å². The first-order chi connectivity index (χ1) is 9.49. The van der Waals surface area contributed by atoms with Crippen LogP contribution in [-0.2, 0) is 17.8 Å². The van der Waals surface area contributed by atoms with Crippen LogP contribution in [0.4, 0.5) is 0 Å². The molecule has 20 heavy (non-hydrogen) atoms. The molecule has 0 spiro atoms. The van der Waals surface area contributed by atoms with E-state index in [-0.39, 0.29) is 0 Å². The number of nitrogens with zero attached hydrogens (tertiary/aromatic N) is 1. The third kappa shape index (κ3) is 3.81. The second kappa shape index (κ2) is 6.37. The molecule has 110 valence electrons. The topological polar surface area (TPSA) is 72.3 Å². The van der Waals surface area contributed by atoms with Gasteiger partial charge in [0.1, 0.15) is 0 Å². The maximum Gasteiger partial charge on any atom is 0.237 e. The molecule has 0 fully saturated rings. The normalized spacial score (nSPS) is 18.3. The van der Waals surface area contributed by atoms with Crippen LogP contribution < -0.4 is 11.5 Å². The Morgan fingerprint density at radius 1 is 1.30 bits per heavy atom. The van der Waals surface area contributed by atoms with E-state index >= 15 is 0 Å². The molecular weight excluding hydrogens is 250 g/mol. The van der Waals surface area contributed by atoms with E-state index in [2.05, 4.69) is 29.2 Å². The molecule has 1 aromatic carbocycles. The number of fused-ring (bicyclic) bond motifs is 1. The Balaban J connectivity index is 1.73. The van der Waals surface area contributed by atoms with E-state index in [1.54, 1.807) is 6.92 Å². The first-order valence-electron chi connectivity index (χ1n) is 7.37. The van der Waals surface area contributed by atoms with Crippen LogP contribution in [0, 0.1) is 0 Å². The van der Waals surface area contributed by atoms with Gasteiger partial charge in [-0.05, 0) is 50.3 Å². The lowest BCUT2D eigenvalue weighted by atomic mass is 9.95. The van der Waals surface area contributed by atoms with Crippen LogP contribution in [0.3, 0.4) is 0 Å². The van der Waals surface area contributed by atoms with E-state index in [4.69, 9.17) is 11.5 Å². The summed E-state index contributed by atoms with van der Waals surface area (Å²) in [6.45, 7) is 4.92. The van der Waals surface area contributed by atoms with Crippen molar-refractivity contribution in [2.45, 2.75) is 44.7 Å². The Labute approximate surface area is 121 Å². The number of nitrogens with two attached hydrogens (primary N) is 2. The summed E-state index contributed by atoms with van der Waals surface area (Å²) < 4.78 is 0. The average Bonchev–Trinajstić information content (AvgIpc) is 2.43. The van der Waals surface area contributed by atoms with Crippen molar-refractivity contribution in [2.75, 3.05) is 13.1 Å². The maximum absolute atomic E-state index is 11.1. The number of carbonyl (C=O) groups excluding carboxylic acids is 1. The van der Waals surface area contributed by atoms with Gasteiger partial charge in [-0.2, -0.15) is 0 Å². The standard InChI is InChI=1S/C16H25N3O/c1-16(18,15(17)20)9-4-5-10-19-11-8-13-6-2-3-7-14(13)12-19/h2-3,6-7H,4-5,8-12,18H2,1H3,(H2,17,20). The Hall–Kier alpha value is -1.39. The van der Waals surface area contributed by atoms with Gasteiger partial charge in [0.15, 0.2) is 0 Å². The van der Waals surface area contributed by atoms with E-state index in [0.29, 0.717) is 6.42 Å². The number of benzene rings is 1. The van der Waals surface area contributed by atoms with Crippen molar-refractivity contribution in [1.82, 2.24) is 4.90 Å². The molecule has 4 heteroatoms. The minimum atomic E-state index is -0.867. The molecule has 1 atom stereocenters. The summed E-state index contributed by atoms with van der Waals surface area (Å²) in [5, 5.41) is 0. The Bertz CT molecular complexity index is 471. The molecule has 0 saturated heterocycles. The third-order valence-corrected chi connectivity index (χ3v) is 4.19. The van der Waals surface area contributed by atoms with Gasteiger partial charge in [0.05, 0.1) is 5.54 Å². The highest BCUT2D eigenvalue weighted by Gasteiger charge is 2.24. The van der Waals surface area contributed by atoms with Crippen molar-refractivity contribution in [3.05, 3.63) is 35.4 Å². The zero-order valence-corrected chi connectivity index (χ0v) is 12.3. The summed E-state index contributed by atoms with van der Waals surface area (Å²) in [7, 11) is 0. The fourth-order valence-corrected chi connectivity index (χ4v) is 2.70. The number of rotatable bonds is 6. The molecular formula is C16H25N3O. The van der Waals surface area contributed by atoms with E-state index in [9.17, 15) is 4.79 Å². The highest BCUT2D eigenvalue weighted by Crippen LogP contribution is 2.19. The summed E-state index contributed by atoms with van der Waals surface area (Å²) >= 11 is 0. The molecule has 1 aromatic rings. The summed E-state index contributed by atoms with van der Waals surface area (Å²) in [5.74, 6) is -0.413. The third-order valence-electron chi connectivity index (χ3n) is 4.19. The van der Waals surface area contributed by atoms with Gasteiger partial charge in [0, 0.05) is 13.1 Å². The van der Waals surface area contributed by atoms with Crippen LogP contribution in [0.2, 0.25) is 0 Å². The van der Waals surface area contributed by atoms with Gasteiger partial charge >= 0.3 is 0 Å². The van der Waals surface area contributed by atoms with Gasteiger partial charge in [-0.15, -0.1) is 0 Å². The number of hydrogen-bond donors (Lipinski definition) is 2. The molecule has 0 bridgehead atoms. The van der Waals surface area contributed by atoms with Crippen molar-refractivity contribution in [3.8, 4) is 0 Å². The van der Waals surface area contributed by atoms with Gasteiger partial charge in [-0.25, -0.2) is 0 Å². The Kier molecular flexibility index (Phi) is 4.78. The maximum atomic E-state index is 11.1. The first kappa shape index (κ1) is 15.0. The van der Waals surface area contributed by atoms with Crippen LogP contribution in [-0.4, -0.2) is 29.4 Å². The van der Waals surface area contributed by atoms with Crippen molar-refractivity contribution >= 4 is 5.91 Å². The Morgan fingerprint density at radius 2 is 2.00 bits per heavy atom. The van der Waals surface area contributed by atoms with Crippen molar-refractivity contribution in [1.29, 1.82) is 0 Å². The van der Waals surface area contributed by atoms with Crippen LogP contribution in [0.5, 0.6) is 0 Å². The van der Waals surface area contributed by atoms with E-state index < -0.39 is 11.4 Å². The molecule has 4 N–H and O–H groups in total. The number of unbranched alkanes of at least 4 members (excludes halogenated alkanes) is 1. The molecule has 1 aliphatic rings. The fourth-order valence-electron chi connectivity index (χ4n) is 2.70. The minimum Gasteiger partial charge on any atom is -0.368 e. The van der Waals surface area contributed by atoms with Gasteiger partial charge in [-0.1, -0.05) is 24.3 Å². The van der Waals surface area contributed by atoms with Crippen LogP contribution >= 0.6 is 0 Å². The summed E-state index contributed by atoms with van der Waals surface area (Å²) in [6.07, 6.45) is 3.79. The lowest BCUT2D eigenvalue weighted by molar-refractivity contribution is -0.122. The van der Waals surface area contributed by atoms with Crippen molar-refractivity contribution < 1.29 is 4.79 Å². The summed E-state index contributed by atoms with van der Waals surface area (Å²) in [5.41, 5.74) is 13.2. The molecule has 0 saturated carbocycles.